The molecule has 7 heteroatoms. The monoisotopic (exact) mass is 455 g/mol. The third kappa shape index (κ3) is 5.02. The number of hydrogen-bond donors (Lipinski definition) is 0. The molecule has 0 spiro atoms. The minimum absolute atomic E-state index is 0.0239. The number of piperidine rings is 1. The number of methoxy groups -OCH3 is 1. The van der Waals surface area contributed by atoms with Gasteiger partial charge in [-0.1, -0.05) is 25.5 Å². The third-order valence-corrected chi connectivity index (χ3v) is 7.53. The fraction of sp³-hybridized carbons (Fsp3) is 0.654. The maximum Gasteiger partial charge on any atom is 0.228 e. The topological polar surface area (TPSA) is 70.2 Å². The average Bonchev–Trinajstić information content (AvgIpc) is 3.50. The molecule has 1 aromatic rings. The van der Waals surface area contributed by atoms with Crippen LogP contribution in [0.2, 0.25) is 0 Å². The molecule has 3 heterocycles. The number of unbranched alkanes of at least 4 members (excludes halogenated alkanes) is 1. The van der Waals surface area contributed by atoms with Gasteiger partial charge < -0.3 is 19.4 Å². The first-order chi connectivity index (χ1) is 16.0. The smallest absolute Gasteiger partial charge is 0.228 e. The van der Waals surface area contributed by atoms with Gasteiger partial charge in [0.2, 0.25) is 17.7 Å². The second-order valence-electron chi connectivity index (χ2n) is 9.60. The molecule has 0 radical (unpaired) electrons. The molecule has 3 saturated heterocycles. The van der Waals surface area contributed by atoms with E-state index in [1.807, 2.05) is 39.0 Å². The molecule has 2 atom stereocenters. The number of ether oxygens (including phenoxy) is 1. The van der Waals surface area contributed by atoms with Crippen molar-refractivity contribution in [3.05, 3.63) is 29.8 Å². The first kappa shape index (κ1) is 23.6. The van der Waals surface area contributed by atoms with Crippen LogP contribution in [0.3, 0.4) is 0 Å². The number of nitrogens with zero attached hydrogens (tertiary/aromatic N) is 3. The lowest BCUT2D eigenvalue weighted by Crippen LogP contribution is -2.46. The first-order valence-electron chi connectivity index (χ1n) is 12.5. The van der Waals surface area contributed by atoms with E-state index in [-0.39, 0.29) is 42.0 Å². The van der Waals surface area contributed by atoms with Crippen LogP contribution >= 0.6 is 0 Å². The molecule has 0 bridgehead atoms. The second-order valence-corrected chi connectivity index (χ2v) is 9.60. The van der Waals surface area contributed by atoms with E-state index in [4.69, 9.17) is 4.74 Å². The second kappa shape index (κ2) is 10.6. The first-order valence-corrected chi connectivity index (χ1v) is 12.5. The Morgan fingerprint density at radius 1 is 0.970 bits per heavy atom. The van der Waals surface area contributed by atoms with Crippen molar-refractivity contribution in [1.29, 1.82) is 0 Å². The predicted octanol–water partition coefficient (Wildman–Crippen LogP) is 3.25. The summed E-state index contributed by atoms with van der Waals surface area (Å²) < 4.78 is 5.29. The van der Waals surface area contributed by atoms with Gasteiger partial charge in [0.25, 0.3) is 0 Å². The van der Waals surface area contributed by atoms with Gasteiger partial charge in [0, 0.05) is 45.1 Å². The molecule has 3 amide bonds. The predicted molar refractivity (Wildman–Crippen MR) is 126 cm³/mol. The van der Waals surface area contributed by atoms with Crippen LogP contribution in [0.4, 0.5) is 0 Å². The van der Waals surface area contributed by atoms with Crippen LogP contribution in [0.25, 0.3) is 0 Å². The van der Waals surface area contributed by atoms with Crippen molar-refractivity contribution < 1.29 is 19.1 Å². The summed E-state index contributed by atoms with van der Waals surface area (Å²) in [6.07, 6.45) is 5.80. The summed E-state index contributed by atoms with van der Waals surface area (Å²) >= 11 is 0. The quantitative estimate of drug-likeness (QED) is 0.633. The molecule has 3 aliphatic heterocycles. The minimum Gasteiger partial charge on any atom is -0.497 e. The molecule has 7 nitrogen and oxygen atoms in total. The van der Waals surface area contributed by atoms with Gasteiger partial charge in [0.05, 0.1) is 19.1 Å². The fourth-order valence-corrected chi connectivity index (χ4v) is 5.59. The number of carbonyl (C=O) groups excluding carboxylic acids is 3. The summed E-state index contributed by atoms with van der Waals surface area (Å²) in [6.45, 7) is 5.72. The average molecular weight is 456 g/mol. The van der Waals surface area contributed by atoms with Gasteiger partial charge >= 0.3 is 0 Å². The van der Waals surface area contributed by atoms with Crippen LogP contribution in [0.5, 0.6) is 5.75 Å². The molecule has 4 rings (SSSR count). The van der Waals surface area contributed by atoms with E-state index in [0.717, 1.165) is 50.1 Å². The van der Waals surface area contributed by atoms with Crippen molar-refractivity contribution in [2.75, 3.05) is 39.8 Å². The molecular weight excluding hydrogens is 418 g/mol. The SMILES string of the molecule is CCCCN1C(=O)CC(C(=O)N2CCC(C(=O)N3CCCC3)CC2)C1c1ccc(OC)cc1. The molecule has 0 aliphatic carbocycles. The summed E-state index contributed by atoms with van der Waals surface area (Å²) in [6, 6.07) is 7.50. The number of hydrogen-bond acceptors (Lipinski definition) is 4. The molecule has 1 aromatic carbocycles. The van der Waals surface area contributed by atoms with E-state index < -0.39 is 0 Å². The van der Waals surface area contributed by atoms with Crippen LogP contribution in [-0.2, 0) is 14.4 Å². The van der Waals surface area contributed by atoms with Gasteiger partial charge in [0.15, 0.2) is 0 Å². The largest absolute Gasteiger partial charge is 0.497 e. The van der Waals surface area contributed by atoms with Gasteiger partial charge in [-0.15, -0.1) is 0 Å². The number of rotatable bonds is 7. The van der Waals surface area contributed by atoms with Gasteiger partial charge in [-0.3, -0.25) is 14.4 Å². The van der Waals surface area contributed by atoms with Crippen molar-refractivity contribution in [3.63, 3.8) is 0 Å². The Labute approximate surface area is 197 Å². The summed E-state index contributed by atoms with van der Waals surface area (Å²) in [5, 5.41) is 0. The fourth-order valence-electron chi connectivity index (χ4n) is 5.59. The van der Waals surface area contributed by atoms with Crippen molar-refractivity contribution >= 4 is 17.7 Å². The van der Waals surface area contributed by atoms with E-state index in [2.05, 4.69) is 6.92 Å². The minimum atomic E-state index is -0.381. The van der Waals surface area contributed by atoms with E-state index in [0.29, 0.717) is 32.5 Å². The Morgan fingerprint density at radius 3 is 2.21 bits per heavy atom. The highest BCUT2D eigenvalue weighted by Gasteiger charge is 2.46. The molecule has 3 fully saturated rings. The lowest BCUT2D eigenvalue weighted by Gasteiger charge is -2.36. The zero-order valence-corrected chi connectivity index (χ0v) is 20.0. The van der Waals surface area contributed by atoms with E-state index in [1.54, 1.807) is 7.11 Å². The molecule has 33 heavy (non-hydrogen) atoms. The lowest BCUT2D eigenvalue weighted by atomic mass is 9.90. The molecule has 0 N–H and O–H groups in total. The van der Waals surface area contributed by atoms with Crippen LogP contribution in [0, 0.1) is 11.8 Å². The normalized spacial score (nSPS) is 23.9. The highest BCUT2D eigenvalue weighted by atomic mass is 16.5. The Kier molecular flexibility index (Phi) is 7.56. The summed E-state index contributed by atoms with van der Waals surface area (Å²) in [5.41, 5.74) is 0.982. The molecule has 0 saturated carbocycles. The number of amides is 3. The third-order valence-electron chi connectivity index (χ3n) is 7.53. The summed E-state index contributed by atoms with van der Waals surface area (Å²) in [4.78, 5) is 45.1. The van der Waals surface area contributed by atoms with E-state index in [9.17, 15) is 14.4 Å². The van der Waals surface area contributed by atoms with Crippen LogP contribution in [-0.4, -0.2) is 72.3 Å². The zero-order chi connectivity index (χ0) is 23.4. The Balaban J connectivity index is 1.46. The Morgan fingerprint density at radius 2 is 1.61 bits per heavy atom. The van der Waals surface area contributed by atoms with Crippen molar-refractivity contribution in [2.45, 2.75) is 57.9 Å². The van der Waals surface area contributed by atoms with E-state index >= 15 is 0 Å². The molecular formula is C26H37N3O4. The van der Waals surface area contributed by atoms with Crippen molar-refractivity contribution in [3.8, 4) is 5.75 Å². The molecule has 2 unspecified atom stereocenters. The highest BCUT2D eigenvalue weighted by molar-refractivity contribution is 5.90. The number of benzene rings is 1. The van der Waals surface area contributed by atoms with Crippen LogP contribution in [0.1, 0.15) is 63.5 Å². The van der Waals surface area contributed by atoms with E-state index in [1.165, 1.54) is 0 Å². The van der Waals surface area contributed by atoms with Crippen LogP contribution < -0.4 is 4.74 Å². The molecule has 3 aliphatic rings. The zero-order valence-electron chi connectivity index (χ0n) is 20.0. The molecule has 0 aromatic heterocycles. The van der Waals surface area contributed by atoms with Gasteiger partial charge in [0.1, 0.15) is 5.75 Å². The van der Waals surface area contributed by atoms with Crippen molar-refractivity contribution in [2.24, 2.45) is 11.8 Å². The summed E-state index contributed by atoms with van der Waals surface area (Å²) in [5.74, 6) is 0.773. The van der Waals surface area contributed by atoms with Crippen molar-refractivity contribution in [1.82, 2.24) is 14.7 Å². The van der Waals surface area contributed by atoms with Crippen LogP contribution in [0.15, 0.2) is 24.3 Å². The number of likely N-dealkylation sites (tertiary alicyclic amines) is 3. The van der Waals surface area contributed by atoms with Gasteiger partial charge in [-0.25, -0.2) is 0 Å². The Hall–Kier alpha value is -2.57. The maximum absolute atomic E-state index is 13.6. The number of carbonyl (C=O) groups is 3. The Bertz CT molecular complexity index is 842. The lowest BCUT2D eigenvalue weighted by molar-refractivity contribution is -0.142. The summed E-state index contributed by atoms with van der Waals surface area (Å²) in [7, 11) is 1.63. The highest BCUT2D eigenvalue weighted by Crippen LogP contribution is 2.40. The standard InChI is InChI=1S/C26H37N3O4/c1-3-4-15-29-23(30)18-22(24(29)19-7-9-21(33-2)10-8-19)26(32)28-16-11-20(12-17-28)25(31)27-13-5-6-14-27/h7-10,20,22,24H,3-6,11-18H2,1-2H3. The van der Waals surface area contributed by atoms with Gasteiger partial charge in [-0.05, 0) is 49.8 Å². The van der Waals surface area contributed by atoms with Gasteiger partial charge in [-0.2, -0.15) is 0 Å². The molecule has 180 valence electrons. The maximum atomic E-state index is 13.6.